The van der Waals surface area contributed by atoms with Gasteiger partial charge in [-0.05, 0) is 60.9 Å². The van der Waals surface area contributed by atoms with E-state index < -0.39 is 21.8 Å². The summed E-state index contributed by atoms with van der Waals surface area (Å²) in [6, 6.07) is 12.2. The van der Waals surface area contributed by atoms with Crippen LogP contribution in [0.5, 0.6) is 5.75 Å². The lowest BCUT2D eigenvalue weighted by Crippen LogP contribution is -2.29. The molecule has 2 heterocycles. The number of esters is 1. The quantitative estimate of drug-likeness (QED) is 0.264. The van der Waals surface area contributed by atoms with E-state index in [0.717, 1.165) is 33.0 Å². The smallest absolute Gasteiger partial charge is 0.322 e. The molecule has 0 radical (unpaired) electrons. The van der Waals surface area contributed by atoms with Crippen LogP contribution in [0.3, 0.4) is 0 Å². The van der Waals surface area contributed by atoms with Gasteiger partial charge in [-0.3, -0.25) is 4.79 Å². The van der Waals surface area contributed by atoms with Crippen LogP contribution in [0.2, 0.25) is 0 Å². The van der Waals surface area contributed by atoms with Gasteiger partial charge in [0.2, 0.25) is 0 Å². The number of nitrogens with two attached hydrogens (primary N) is 1. The molecule has 0 aliphatic heterocycles. The number of H-pyrrole nitrogens is 1. The van der Waals surface area contributed by atoms with E-state index in [1.807, 2.05) is 25.1 Å². The molecular weight excluding hydrogens is 466 g/mol. The van der Waals surface area contributed by atoms with E-state index >= 15 is 0 Å². The molecule has 0 spiro atoms. The average Bonchev–Trinajstić information content (AvgIpc) is 3.22. The Kier molecular flexibility index (Phi) is 7.09. The third-order valence-electron chi connectivity index (χ3n) is 5.75. The fraction of sp³-hybridized carbons (Fsp3) is 0.308. The van der Waals surface area contributed by atoms with Gasteiger partial charge in [0, 0.05) is 23.4 Å². The van der Waals surface area contributed by atoms with E-state index in [-0.39, 0.29) is 12.4 Å². The first-order valence-corrected chi connectivity index (χ1v) is 13.2. The van der Waals surface area contributed by atoms with Gasteiger partial charge in [-0.2, -0.15) is 0 Å². The molecule has 0 amide bonds. The van der Waals surface area contributed by atoms with Crippen molar-refractivity contribution in [1.82, 2.24) is 9.97 Å². The first-order valence-electron chi connectivity index (χ1n) is 11.5. The number of carbonyl (C=O) groups is 1. The van der Waals surface area contributed by atoms with E-state index in [9.17, 15) is 13.2 Å². The molecule has 0 bridgehead atoms. The van der Waals surface area contributed by atoms with Crippen molar-refractivity contribution in [3.8, 4) is 16.9 Å². The number of nitrogens with zero attached hydrogens (tertiary/aromatic N) is 1. The third-order valence-corrected chi connectivity index (χ3v) is 7.48. The number of pyridine rings is 1. The molecule has 8 nitrogen and oxygen atoms in total. The van der Waals surface area contributed by atoms with Gasteiger partial charge in [-0.25, -0.2) is 13.4 Å². The Hall–Kier alpha value is -3.43. The first kappa shape index (κ1) is 24.7. The fourth-order valence-corrected chi connectivity index (χ4v) is 4.82. The number of benzene rings is 2. The number of hydrogen-bond donors (Lipinski definition) is 2. The van der Waals surface area contributed by atoms with E-state index in [1.165, 1.54) is 0 Å². The van der Waals surface area contributed by atoms with Crippen LogP contribution in [0.15, 0.2) is 53.6 Å². The van der Waals surface area contributed by atoms with Crippen molar-refractivity contribution in [1.29, 1.82) is 0 Å². The van der Waals surface area contributed by atoms with Crippen LogP contribution in [0.4, 0.5) is 0 Å². The van der Waals surface area contributed by atoms with Gasteiger partial charge in [-0.1, -0.05) is 19.1 Å². The molecule has 3 N–H and O–H groups in total. The summed E-state index contributed by atoms with van der Waals surface area (Å²) in [5.41, 5.74) is 9.67. The van der Waals surface area contributed by atoms with Crippen LogP contribution in [0, 0.1) is 6.92 Å². The number of aromatic nitrogens is 2. The van der Waals surface area contributed by atoms with Crippen molar-refractivity contribution in [2.24, 2.45) is 5.73 Å². The second-order valence-corrected chi connectivity index (χ2v) is 10.8. The SMILES string of the molecule is CCS(=O)(=O)c1cccc(-c2ccc(OCCCOC(=O)C(C)N)c3[nH]c4ncc(C)cc4c23)c1. The minimum absolute atomic E-state index is 0.0361. The molecule has 1 unspecified atom stereocenters. The Bertz CT molecular complexity index is 1490. The first-order chi connectivity index (χ1) is 16.7. The molecule has 0 aliphatic rings. The summed E-state index contributed by atoms with van der Waals surface area (Å²) in [4.78, 5) is 19.7. The number of fused-ring (bicyclic) bond motifs is 3. The number of carbonyl (C=O) groups excluding carboxylic acids is 1. The summed E-state index contributed by atoms with van der Waals surface area (Å²) >= 11 is 0. The molecule has 4 aromatic rings. The minimum Gasteiger partial charge on any atom is -0.491 e. The molecule has 2 aromatic heterocycles. The van der Waals surface area contributed by atoms with Gasteiger partial charge in [0.25, 0.3) is 0 Å². The molecule has 0 fully saturated rings. The highest BCUT2D eigenvalue weighted by Gasteiger charge is 2.18. The van der Waals surface area contributed by atoms with Gasteiger partial charge >= 0.3 is 5.97 Å². The highest BCUT2D eigenvalue weighted by atomic mass is 32.2. The second-order valence-electron chi connectivity index (χ2n) is 8.48. The van der Waals surface area contributed by atoms with Crippen molar-refractivity contribution >= 4 is 37.7 Å². The van der Waals surface area contributed by atoms with E-state index in [0.29, 0.717) is 29.3 Å². The molecule has 4 rings (SSSR count). The molecule has 9 heteroatoms. The lowest BCUT2D eigenvalue weighted by molar-refractivity contribution is -0.144. The second kappa shape index (κ2) is 10.1. The Balaban J connectivity index is 1.73. The van der Waals surface area contributed by atoms with Crippen LogP contribution in [-0.4, -0.2) is 49.4 Å². The summed E-state index contributed by atoms with van der Waals surface area (Å²) in [6.45, 7) is 5.75. The summed E-state index contributed by atoms with van der Waals surface area (Å²) in [5.74, 6) is 0.227. The highest BCUT2D eigenvalue weighted by Crippen LogP contribution is 2.39. The minimum atomic E-state index is -3.34. The zero-order valence-corrected chi connectivity index (χ0v) is 20.8. The van der Waals surface area contributed by atoms with Gasteiger partial charge in [0.05, 0.1) is 29.4 Å². The lowest BCUT2D eigenvalue weighted by Gasteiger charge is -2.12. The molecule has 184 valence electrons. The fourth-order valence-electron chi connectivity index (χ4n) is 3.90. The third kappa shape index (κ3) is 5.16. The highest BCUT2D eigenvalue weighted by molar-refractivity contribution is 7.91. The number of nitrogens with one attached hydrogen (secondary N) is 1. The van der Waals surface area contributed by atoms with E-state index in [1.54, 1.807) is 38.2 Å². The van der Waals surface area contributed by atoms with Crippen LogP contribution < -0.4 is 10.5 Å². The summed E-state index contributed by atoms with van der Waals surface area (Å²) in [5, 5.41) is 1.83. The van der Waals surface area contributed by atoms with Gasteiger partial charge < -0.3 is 20.2 Å². The Morgan fingerprint density at radius 3 is 2.71 bits per heavy atom. The topological polar surface area (TPSA) is 124 Å². The summed E-state index contributed by atoms with van der Waals surface area (Å²) < 4.78 is 36.1. The number of rotatable bonds is 9. The largest absolute Gasteiger partial charge is 0.491 e. The van der Waals surface area contributed by atoms with Crippen molar-refractivity contribution in [3.05, 3.63) is 54.2 Å². The predicted molar refractivity (Wildman–Crippen MR) is 136 cm³/mol. The van der Waals surface area contributed by atoms with Crippen molar-refractivity contribution in [2.75, 3.05) is 19.0 Å². The molecular formula is C26H29N3O5S. The van der Waals surface area contributed by atoms with Gasteiger partial charge in [0.15, 0.2) is 9.84 Å². The van der Waals surface area contributed by atoms with Crippen LogP contribution >= 0.6 is 0 Å². The maximum atomic E-state index is 12.5. The monoisotopic (exact) mass is 495 g/mol. The number of aromatic amines is 1. The van der Waals surface area contributed by atoms with Crippen LogP contribution in [0.1, 0.15) is 25.8 Å². The normalized spacial score (nSPS) is 12.7. The molecule has 35 heavy (non-hydrogen) atoms. The molecule has 0 aliphatic carbocycles. The van der Waals surface area contributed by atoms with Gasteiger partial charge in [0.1, 0.15) is 17.4 Å². The Morgan fingerprint density at radius 2 is 1.97 bits per heavy atom. The van der Waals surface area contributed by atoms with Crippen molar-refractivity contribution in [3.63, 3.8) is 0 Å². The average molecular weight is 496 g/mol. The summed E-state index contributed by atoms with van der Waals surface area (Å²) in [7, 11) is -3.34. The van der Waals surface area contributed by atoms with Crippen LogP contribution in [-0.2, 0) is 19.4 Å². The van der Waals surface area contributed by atoms with Gasteiger partial charge in [-0.15, -0.1) is 0 Å². The predicted octanol–water partition coefficient (Wildman–Crippen LogP) is 4.14. The number of ether oxygens (including phenoxy) is 2. The standard InChI is InChI=1S/C26H29N3O5S/c1-4-35(31,32)19-8-5-7-18(14-19)20-9-10-22(33-11-6-12-34-26(30)17(3)27)24-23(20)21-13-16(2)15-28-25(21)29-24/h5,7-10,13-15,17H,4,6,11-12,27H2,1-3H3,(H,28,29). The van der Waals surface area contributed by atoms with E-state index in [4.69, 9.17) is 15.2 Å². The maximum Gasteiger partial charge on any atom is 0.322 e. The maximum absolute atomic E-state index is 12.5. The molecule has 0 saturated carbocycles. The zero-order valence-electron chi connectivity index (χ0n) is 20.0. The molecule has 0 saturated heterocycles. The summed E-state index contributed by atoms with van der Waals surface area (Å²) in [6.07, 6.45) is 2.30. The Morgan fingerprint density at radius 1 is 1.17 bits per heavy atom. The molecule has 2 aromatic carbocycles. The van der Waals surface area contributed by atoms with Crippen LogP contribution in [0.25, 0.3) is 33.1 Å². The zero-order chi connectivity index (χ0) is 25.2. The van der Waals surface area contributed by atoms with E-state index in [2.05, 4.69) is 16.0 Å². The van der Waals surface area contributed by atoms with Crippen molar-refractivity contribution < 1.29 is 22.7 Å². The van der Waals surface area contributed by atoms with Crippen molar-refractivity contribution in [2.45, 2.75) is 38.1 Å². The molecule has 1 atom stereocenters. The number of aryl methyl sites for hydroxylation is 1. The number of sulfone groups is 1. The number of hydrogen-bond acceptors (Lipinski definition) is 7. The lowest BCUT2D eigenvalue weighted by atomic mass is 9.99. The Labute approximate surface area is 204 Å².